The molecule has 4 bridgehead atoms. The highest BCUT2D eigenvalue weighted by Gasteiger charge is 2.71. The second-order valence-electron chi connectivity index (χ2n) is 10.1. The molecule has 0 unspecified atom stereocenters. The Balaban J connectivity index is 0.000000223. The van der Waals surface area contributed by atoms with Gasteiger partial charge in [-0.3, -0.25) is 9.69 Å². The lowest BCUT2D eigenvalue weighted by Gasteiger charge is -2.43. The van der Waals surface area contributed by atoms with Gasteiger partial charge in [-0.15, -0.1) is 12.4 Å². The van der Waals surface area contributed by atoms with Gasteiger partial charge >= 0.3 is 18.0 Å². The van der Waals surface area contributed by atoms with Crippen LogP contribution in [0.2, 0.25) is 0 Å². The van der Waals surface area contributed by atoms with Crippen LogP contribution in [0.1, 0.15) is 31.2 Å². The summed E-state index contributed by atoms with van der Waals surface area (Å²) in [5.74, 6) is -0.630. The van der Waals surface area contributed by atoms with Crippen LogP contribution in [0.25, 0.3) is 0 Å². The van der Waals surface area contributed by atoms with E-state index in [-0.39, 0.29) is 49.0 Å². The summed E-state index contributed by atoms with van der Waals surface area (Å²) >= 11 is 0. The Bertz CT molecular complexity index is 944. The summed E-state index contributed by atoms with van der Waals surface area (Å²) in [5, 5.41) is 21.7. The summed E-state index contributed by atoms with van der Waals surface area (Å²) in [7, 11) is 2.71. The van der Waals surface area contributed by atoms with Gasteiger partial charge in [-0.25, -0.2) is 9.59 Å². The zero-order valence-electron chi connectivity index (χ0n) is 20.0. The summed E-state index contributed by atoms with van der Waals surface area (Å²) < 4.78 is 14.8. The van der Waals surface area contributed by atoms with Crippen molar-refractivity contribution in [1.29, 1.82) is 0 Å². The highest BCUT2D eigenvalue weighted by atomic mass is 35.5. The number of hydrogen-bond donors (Lipinski definition) is 3. The molecule has 0 radical (unpaired) electrons. The normalized spacial score (nSPS) is 33.2. The average Bonchev–Trinajstić information content (AvgIpc) is 3.57. The minimum absolute atomic E-state index is 0. The largest absolute Gasteiger partial charge is 0.468 e. The zero-order valence-corrected chi connectivity index (χ0v) is 20.8. The summed E-state index contributed by atoms with van der Waals surface area (Å²) in [6, 6.07) is 9.35. The van der Waals surface area contributed by atoms with Crippen molar-refractivity contribution in [1.82, 2.24) is 10.2 Å². The fourth-order valence-corrected chi connectivity index (χ4v) is 6.04. The molecule has 7 rings (SSSR count). The van der Waals surface area contributed by atoms with E-state index in [1.807, 2.05) is 30.3 Å². The van der Waals surface area contributed by atoms with E-state index < -0.39 is 23.1 Å². The number of amides is 1. The number of carbonyl (C=O) groups excluding carboxylic acids is 3. The predicted octanol–water partition coefficient (Wildman–Crippen LogP) is 1.02. The molecule has 1 amide bonds. The van der Waals surface area contributed by atoms with Gasteiger partial charge in [-0.05, 0) is 31.2 Å². The Labute approximate surface area is 210 Å². The fraction of sp³-hybridized carbons (Fsp3) is 0.625. The number of aliphatic hydroxyl groups is 2. The molecule has 6 fully saturated rings. The quantitative estimate of drug-likeness (QED) is 0.377. The van der Waals surface area contributed by atoms with Crippen LogP contribution in [0.5, 0.6) is 0 Å². The van der Waals surface area contributed by atoms with E-state index in [2.05, 4.69) is 10.1 Å². The molecule has 4 aliphatic heterocycles. The Hall–Kier alpha value is -2.40. The number of nitrogens with one attached hydrogen (secondary N) is 1. The van der Waals surface area contributed by atoms with Gasteiger partial charge in [0.2, 0.25) is 0 Å². The minimum atomic E-state index is -0.967. The predicted molar refractivity (Wildman–Crippen MR) is 126 cm³/mol. The molecular weight excluding hydrogens is 480 g/mol. The van der Waals surface area contributed by atoms with E-state index in [0.717, 1.165) is 24.9 Å². The summed E-state index contributed by atoms with van der Waals surface area (Å²) in [6.45, 7) is 1.33. The van der Waals surface area contributed by atoms with Crippen LogP contribution in [-0.2, 0) is 30.4 Å². The molecule has 4 heterocycles. The molecule has 3 N–H and O–H groups in total. The molecule has 2 aliphatic carbocycles. The highest BCUT2D eigenvalue weighted by Crippen LogP contribution is 2.59. The summed E-state index contributed by atoms with van der Waals surface area (Å²) in [5.41, 5.74) is -0.969. The lowest BCUT2D eigenvalue weighted by molar-refractivity contribution is -0.158. The zero-order chi connectivity index (χ0) is 24.6. The van der Waals surface area contributed by atoms with Crippen LogP contribution in [0.15, 0.2) is 30.3 Å². The van der Waals surface area contributed by atoms with Crippen molar-refractivity contribution in [2.45, 2.75) is 43.4 Å². The fourth-order valence-electron chi connectivity index (χ4n) is 6.04. The Morgan fingerprint density at radius 1 is 0.943 bits per heavy atom. The standard InChI is InChI=1S/C16H19NO5.C8H13NO3.ClH/c1-21-13(19)16-8-15(9-16,11-18)10-17(16)14(20)22-7-12-5-3-2-4-6-12;1-12-6(11)8-2-7(3-8,5-10)4-9-8;/h2-6,18H,7-11H2,1H3;9-10H,2-5H2,1H3;1H. The van der Waals surface area contributed by atoms with Crippen molar-refractivity contribution in [2.24, 2.45) is 10.8 Å². The summed E-state index contributed by atoms with van der Waals surface area (Å²) in [6.07, 6.45) is 1.78. The molecule has 4 saturated heterocycles. The SMILES string of the molecule is COC(=O)C12CC(CO)(CN1)C2.COC(=O)C12CC(CO)(CN1C(=O)OCc1ccccc1)C2.Cl. The van der Waals surface area contributed by atoms with Crippen LogP contribution < -0.4 is 5.32 Å². The van der Waals surface area contributed by atoms with Gasteiger partial charge in [-0.2, -0.15) is 0 Å². The second kappa shape index (κ2) is 9.93. The van der Waals surface area contributed by atoms with E-state index in [9.17, 15) is 19.5 Å². The van der Waals surface area contributed by atoms with Crippen molar-refractivity contribution in [3.05, 3.63) is 35.9 Å². The second-order valence-corrected chi connectivity index (χ2v) is 10.1. The number of halogens is 1. The Morgan fingerprint density at radius 2 is 1.54 bits per heavy atom. The molecule has 1 aromatic carbocycles. The van der Waals surface area contributed by atoms with Gasteiger partial charge in [-0.1, -0.05) is 30.3 Å². The molecular formula is C24H33ClN2O8. The number of rotatable bonds is 6. The highest BCUT2D eigenvalue weighted by molar-refractivity contribution is 5.89. The van der Waals surface area contributed by atoms with E-state index >= 15 is 0 Å². The van der Waals surface area contributed by atoms with Crippen LogP contribution >= 0.6 is 12.4 Å². The average molecular weight is 513 g/mol. The molecule has 0 atom stereocenters. The number of fused-ring (bicyclic) bond motifs is 2. The third-order valence-corrected chi connectivity index (χ3v) is 7.74. The molecule has 0 aromatic heterocycles. The smallest absolute Gasteiger partial charge is 0.411 e. The summed E-state index contributed by atoms with van der Waals surface area (Å²) in [4.78, 5) is 37.1. The number of methoxy groups -OCH3 is 2. The van der Waals surface area contributed by atoms with E-state index in [0.29, 0.717) is 19.4 Å². The van der Waals surface area contributed by atoms with Gasteiger partial charge in [0, 0.05) is 23.9 Å². The lowest BCUT2D eigenvalue weighted by Crippen LogP contribution is -2.58. The van der Waals surface area contributed by atoms with Crippen molar-refractivity contribution in [3.8, 4) is 0 Å². The van der Waals surface area contributed by atoms with E-state index in [1.165, 1.54) is 19.1 Å². The van der Waals surface area contributed by atoms with Gasteiger partial charge < -0.3 is 29.7 Å². The number of hydrogen-bond acceptors (Lipinski definition) is 9. The van der Waals surface area contributed by atoms with Crippen LogP contribution in [0.4, 0.5) is 4.79 Å². The first-order valence-corrected chi connectivity index (χ1v) is 11.3. The molecule has 35 heavy (non-hydrogen) atoms. The third kappa shape index (κ3) is 4.48. The maximum atomic E-state index is 12.4. The first-order valence-electron chi connectivity index (χ1n) is 11.3. The number of benzene rings is 1. The molecule has 2 saturated carbocycles. The lowest BCUT2D eigenvalue weighted by atomic mass is 9.62. The third-order valence-electron chi connectivity index (χ3n) is 7.74. The molecule has 1 aromatic rings. The molecule has 11 heteroatoms. The monoisotopic (exact) mass is 512 g/mol. The number of ether oxygens (including phenoxy) is 3. The molecule has 6 aliphatic rings. The topological polar surface area (TPSA) is 135 Å². The first kappa shape index (κ1) is 27.2. The number of carbonyl (C=O) groups is 3. The van der Waals surface area contributed by atoms with Crippen LogP contribution in [0.3, 0.4) is 0 Å². The van der Waals surface area contributed by atoms with Gasteiger partial charge in [0.25, 0.3) is 0 Å². The van der Waals surface area contributed by atoms with Crippen molar-refractivity contribution >= 4 is 30.4 Å². The van der Waals surface area contributed by atoms with Crippen molar-refractivity contribution < 1.29 is 38.8 Å². The maximum Gasteiger partial charge on any atom is 0.411 e. The van der Waals surface area contributed by atoms with Gasteiger partial charge in [0.1, 0.15) is 17.7 Å². The molecule has 10 nitrogen and oxygen atoms in total. The van der Waals surface area contributed by atoms with Gasteiger partial charge in [0.15, 0.2) is 0 Å². The Morgan fingerprint density at radius 3 is 2.06 bits per heavy atom. The minimum Gasteiger partial charge on any atom is -0.468 e. The number of esters is 2. The van der Waals surface area contributed by atoms with E-state index in [1.54, 1.807) is 0 Å². The van der Waals surface area contributed by atoms with Crippen LogP contribution in [0, 0.1) is 10.8 Å². The van der Waals surface area contributed by atoms with Crippen LogP contribution in [-0.4, -0.2) is 84.7 Å². The Kier molecular flexibility index (Phi) is 7.71. The number of aliphatic hydroxyl groups excluding tert-OH is 2. The number of nitrogens with zero attached hydrogens (tertiary/aromatic N) is 1. The van der Waals surface area contributed by atoms with Crippen molar-refractivity contribution in [2.75, 3.05) is 40.5 Å². The first-order chi connectivity index (χ1) is 16.2. The molecule has 194 valence electrons. The van der Waals surface area contributed by atoms with Crippen molar-refractivity contribution in [3.63, 3.8) is 0 Å². The van der Waals surface area contributed by atoms with Gasteiger partial charge in [0.05, 0.1) is 27.4 Å². The molecule has 0 spiro atoms. The van der Waals surface area contributed by atoms with E-state index in [4.69, 9.17) is 14.6 Å². The maximum absolute atomic E-state index is 12.4.